The predicted molar refractivity (Wildman–Crippen MR) is 131 cm³/mol. The van der Waals surface area contributed by atoms with Gasteiger partial charge in [-0.3, -0.25) is 9.36 Å². The Morgan fingerprint density at radius 1 is 0.971 bits per heavy atom. The molecular formula is C24H47NO8P-. The third-order valence-electron chi connectivity index (χ3n) is 5.15. The van der Waals surface area contributed by atoms with Gasteiger partial charge in [0.1, 0.15) is 19.0 Å². The van der Waals surface area contributed by atoms with Crippen molar-refractivity contribution < 1.29 is 37.9 Å². The molecule has 3 unspecified atom stereocenters. The van der Waals surface area contributed by atoms with Crippen LogP contribution in [0.25, 0.3) is 0 Å². The summed E-state index contributed by atoms with van der Waals surface area (Å²) < 4.78 is 31.2. The first-order valence-electron chi connectivity index (χ1n) is 12.8. The molecular weight excluding hydrogens is 461 g/mol. The van der Waals surface area contributed by atoms with Crippen LogP contribution in [0.5, 0.6) is 0 Å². The smallest absolute Gasteiger partial charge is 0.319 e. The average molecular weight is 509 g/mol. The van der Waals surface area contributed by atoms with Gasteiger partial charge in [0.2, 0.25) is 0 Å². The Hall–Kier alpha value is -1.12. The number of nitrogens with one attached hydrogen (secondary N) is 1. The fourth-order valence-electron chi connectivity index (χ4n) is 3.33. The molecule has 0 spiro atoms. The third-order valence-corrected chi connectivity index (χ3v) is 5.99. The zero-order chi connectivity index (χ0) is 25.5. The maximum absolute atomic E-state index is 12.0. The first-order valence-corrected chi connectivity index (χ1v) is 14.2. The number of ether oxygens (including phenoxy) is 2. The molecule has 202 valence electrons. The Kier molecular flexibility index (Phi) is 21.6. The van der Waals surface area contributed by atoms with E-state index in [1.807, 2.05) is 0 Å². The molecule has 0 aliphatic carbocycles. The van der Waals surface area contributed by atoms with E-state index in [9.17, 15) is 19.4 Å². The van der Waals surface area contributed by atoms with Crippen LogP contribution in [-0.4, -0.2) is 43.7 Å². The minimum atomic E-state index is -4.59. The highest BCUT2D eigenvalue weighted by molar-refractivity contribution is 7.46. The summed E-state index contributed by atoms with van der Waals surface area (Å²) >= 11 is 0. The molecule has 0 radical (unpaired) electrons. The van der Waals surface area contributed by atoms with E-state index in [-0.39, 0.29) is 19.0 Å². The zero-order valence-corrected chi connectivity index (χ0v) is 22.3. The van der Waals surface area contributed by atoms with E-state index in [1.54, 1.807) is 7.05 Å². The molecule has 2 N–H and O–H groups in total. The minimum Gasteiger partial charge on any atom is -0.746 e. The van der Waals surface area contributed by atoms with Gasteiger partial charge in [-0.15, -0.1) is 0 Å². The van der Waals surface area contributed by atoms with E-state index in [2.05, 4.69) is 16.8 Å². The number of hydrogen-bond donors (Lipinski definition) is 2. The van der Waals surface area contributed by atoms with Crippen LogP contribution in [0.4, 0.5) is 0 Å². The second-order valence-corrected chi connectivity index (χ2v) is 9.84. The van der Waals surface area contributed by atoms with E-state index in [1.165, 1.54) is 77.3 Å². The molecule has 0 aliphatic rings. The molecule has 34 heavy (non-hydrogen) atoms. The number of unbranched alkanes of at least 4 members (excludes halogenated alkanes) is 12. The average Bonchev–Trinajstić information content (AvgIpc) is 2.78. The summed E-state index contributed by atoms with van der Waals surface area (Å²) in [5.74, 6) is -0.388. The Morgan fingerprint density at radius 2 is 1.50 bits per heavy atom. The van der Waals surface area contributed by atoms with Crippen molar-refractivity contribution in [1.82, 2.24) is 5.32 Å². The first-order chi connectivity index (χ1) is 16.3. The third kappa shape index (κ3) is 22.7. The van der Waals surface area contributed by atoms with Crippen LogP contribution < -0.4 is 10.2 Å². The highest BCUT2D eigenvalue weighted by Crippen LogP contribution is 2.38. The van der Waals surface area contributed by atoms with Gasteiger partial charge in [0.05, 0.1) is 6.61 Å². The zero-order valence-electron chi connectivity index (χ0n) is 21.4. The second-order valence-electron chi connectivity index (χ2n) is 8.47. The van der Waals surface area contributed by atoms with E-state index >= 15 is 0 Å². The van der Waals surface area contributed by atoms with Crippen molar-refractivity contribution in [3.8, 4) is 0 Å². The van der Waals surface area contributed by atoms with Crippen molar-refractivity contribution in [2.75, 3.05) is 20.3 Å². The lowest BCUT2D eigenvalue weighted by atomic mass is 10.0. The van der Waals surface area contributed by atoms with Gasteiger partial charge in [-0.1, -0.05) is 84.0 Å². The lowest BCUT2D eigenvalue weighted by Crippen LogP contribution is -2.31. The maximum Gasteiger partial charge on any atom is 0.319 e. The van der Waals surface area contributed by atoms with Crippen LogP contribution >= 0.6 is 7.82 Å². The number of aliphatic hydroxyl groups is 1. The molecule has 0 rings (SSSR count). The van der Waals surface area contributed by atoms with Gasteiger partial charge < -0.3 is 33.8 Å². The Labute approximate surface area is 206 Å². The molecule has 10 heteroatoms. The van der Waals surface area contributed by atoms with E-state index in [4.69, 9.17) is 14.0 Å². The summed E-state index contributed by atoms with van der Waals surface area (Å²) in [4.78, 5) is 23.6. The van der Waals surface area contributed by atoms with Gasteiger partial charge >= 0.3 is 13.8 Å². The van der Waals surface area contributed by atoms with E-state index < -0.39 is 26.8 Å². The van der Waals surface area contributed by atoms with E-state index in [0.717, 1.165) is 25.5 Å². The van der Waals surface area contributed by atoms with Crippen LogP contribution in [0.1, 0.15) is 104 Å². The first kappa shape index (κ1) is 32.9. The van der Waals surface area contributed by atoms with Crippen LogP contribution in [0.3, 0.4) is 0 Å². The van der Waals surface area contributed by atoms with Gasteiger partial charge in [0.25, 0.3) is 0 Å². The molecule has 0 saturated carbocycles. The maximum atomic E-state index is 12.0. The molecule has 0 fully saturated rings. The fraction of sp³-hybridized carbons (Fsp3) is 0.875. The van der Waals surface area contributed by atoms with E-state index in [0.29, 0.717) is 0 Å². The van der Waals surface area contributed by atoms with Crippen LogP contribution in [0, 0.1) is 0 Å². The van der Waals surface area contributed by atoms with Gasteiger partial charge in [-0.2, -0.15) is 0 Å². The van der Waals surface area contributed by atoms with Crippen LogP contribution in [0.2, 0.25) is 0 Å². The summed E-state index contributed by atoms with van der Waals surface area (Å²) in [5.41, 5.74) is 0. The summed E-state index contributed by atoms with van der Waals surface area (Å²) in [6.07, 6.45) is 16.3. The topological polar surface area (TPSA) is 126 Å². The molecule has 0 bridgehead atoms. The molecule has 0 aromatic carbocycles. The number of phosphoric ester groups is 1. The number of aliphatic hydroxyl groups excluding tert-OH is 1. The molecule has 0 amide bonds. The largest absolute Gasteiger partial charge is 0.746 e. The highest BCUT2D eigenvalue weighted by Gasteiger charge is 2.19. The standard InChI is InChI=1S/C24H48NO8P/c1-4-5-6-7-8-9-10-11-12-13-14-15-16-17-24(27)30-20-23(33-22(2)26)21-32-34(28,29)31-19-18-25-3/h18-19,22-23,25-26H,4-17,20-21H2,1-3H3,(H,28,29)/p-1/b19-18+. The molecule has 0 aromatic rings. The lowest BCUT2D eigenvalue weighted by molar-refractivity contribution is -0.226. The quantitative estimate of drug-likeness (QED) is 0.0613. The van der Waals surface area contributed by atoms with Crippen LogP contribution in [0.15, 0.2) is 12.5 Å². The number of carbonyl (C=O) groups is 1. The number of carbonyl (C=O) groups excluding carboxylic acids is 1. The summed E-state index contributed by atoms with van der Waals surface area (Å²) in [6, 6.07) is 0. The lowest BCUT2D eigenvalue weighted by Gasteiger charge is -2.25. The number of hydrogen-bond acceptors (Lipinski definition) is 9. The predicted octanol–water partition coefficient (Wildman–Crippen LogP) is 4.93. The molecule has 3 atom stereocenters. The Bertz CT molecular complexity index is 559. The number of phosphoric acid groups is 1. The van der Waals surface area contributed by atoms with Crippen molar-refractivity contribution in [3.05, 3.63) is 12.5 Å². The van der Waals surface area contributed by atoms with Crippen molar-refractivity contribution >= 4 is 13.8 Å². The normalized spacial score (nSPS) is 15.1. The van der Waals surface area contributed by atoms with Gasteiger partial charge in [-0.05, 0) is 13.3 Å². The van der Waals surface area contributed by atoms with Crippen LogP contribution in [-0.2, 0) is 27.9 Å². The molecule has 9 nitrogen and oxygen atoms in total. The van der Waals surface area contributed by atoms with Crippen molar-refractivity contribution in [2.24, 2.45) is 0 Å². The number of esters is 1. The van der Waals surface area contributed by atoms with Crippen molar-refractivity contribution in [2.45, 2.75) is 116 Å². The summed E-state index contributed by atoms with van der Waals surface area (Å²) in [7, 11) is -3.01. The SMILES string of the molecule is CCCCCCCCCCCCCCCC(=O)OCC(COP(=O)([O-])O/C=C/NC)OC(C)O. The number of rotatable bonds is 24. The molecule has 0 aliphatic heterocycles. The Balaban J connectivity index is 3.87. The minimum absolute atomic E-state index is 0.228. The van der Waals surface area contributed by atoms with Gasteiger partial charge in [0, 0.05) is 19.7 Å². The van der Waals surface area contributed by atoms with Gasteiger partial charge in [-0.25, -0.2) is 0 Å². The molecule has 0 aromatic heterocycles. The van der Waals surface area contributed by atoms with Gasteiger partial charge in [0.15, 0.2) is 6.29 Å². The highest BCUT2D eigenvalue weighted by atomic mass is 31.2. The monoisotopic (exact) mass is 508 g/mol. The summed E-state index contributed by atoms with van der Waals surface area (Å²) in [5, 5.41) is 12.0. The molecule has 0 heterocycles. The Morgan fingerprint density at radius 3 is 2.00 bits per heavy atom. The van der Waals surface area contributed by atoms with Crippen molar-refractivity contribution in [3.63, 3.8) is 0 Å². The van der Waals surface area contributed by atoms with Crippen molar-refractivity contribution in [1.29, 1.82) is 0 Å². The molecule has 0 saturated heterocycles. The fourth-order valence-corrected chi connectivity index (χ4v) is 3.95. The summed E-state index contributed by atoms with van der Waals surface area (Å²) in [6.45, 7) is 2.93. The second kappa shape index (κ2) is 22.4.